The molecule has 2 aliphatic rings. The topological polar surface area (TPSA) is 49.4 Å². The highest BCUT2D eigenvalue weighted by Gasteiger charge is 2.27. The molecule has 0 aromatic heterocycles. The Balaban J connectivity index is 1.43. The highest BCUT2D eigenvalue weighted by Crippen LogP contribution is 2.26. The van der Waals surface area contributed by atoms with E-state index in [1.807, 2.05) is 31.2 Å². The highest BCUT2D eigenvalue weighted by molar-refractivity contribution is 7.99. The van der Waals surface area contributed by atoms with Gasteiger partial charge in [-0.05, 0) is 56.5 Å². The minimum absolute atomic E-state index is 0.0762. The average molecular weight is 369 g/mol. The summed E-state index contributed by atoms with van der Waals surface area (Å²) >= 11 is 2.06. The first-order valence-electron chi connectivity index (χ1n) is 8.86. The Morgan fingerprint density at radius 3 is 2.71 bits per heavy atom. The van der Waals surface area contributed by atoms with Crippen molar-refractivity contribution in [3.8, 4) is 0 Å². The van der Waals surface area contributed by atoms with Gasteiger partial charge >= 0.3 is 0 Å². The molecule has 0 aliphatic carbocycles. The van der Waals surface area contributed by atoms with Crippen molar-refractivity contribution in [2.75, 3.05) is 31.1 Å². The van der Waals surface area contributed by atoms with Crippen molar-refractivity contribution < 1.29 is 8.42 Å². The predicted molar refractivity (Wildman–Crippen MR) is 102 cm³/mol. The number of piperidine rings is 1. The molecule has 0 unspecified atom stereocenters. The van der Waals surface area contributed by atoms with E-state index in [9.17, 15) is 8.42 Å². The van der Waals surface area contributed by atoms with Gasteiger partial charge in [-0.3, -0.25) is 4.90 Å². The molecule has 134 valence electrons. The SMILES string of the molecule is Cc1cccc(CS(=O)(=O)NCC2CCN([C@@H]3CCSC3)CC2)c1. The number of likely N-dealkylation sites (tertiary alicyclic amines) is 1. The van der Waals surface area contributed by atoms with Crippen LogP contribution in [0.4, 0.5) is 0 Å². The summed E-state index contributed by atoms with van der Waals surface area (Å²) in [5.74, 6) is 3.12. The molecule has 4 nitrogen and oxygen atoms in total. The second-order valence-corrected chi connectivity index (χ2v) is 10.1. The Kier molecular flexibility index (Phi) is 6.24. The summed E-state index contributed by atoms with van der Waals surface area (Å²) in [5.41, 5.74) is 1.95. The third-order valence-electron chi connectivity index (χ3n) is 5.10. The first kappa shape index (κ1) is 18.2. The van der Waals surface area contributed by atoms with Gasteiger partial charge in [0, 0.05) is 18.3 Å². The quantitative estimate of drug-likeness (QED) is 0.839. The molecule has 2 saturated heterocycles. The number of nitrogens with one attached hydrogen (secondary N) is 1. The van der Waals surface area contributed by atoms with E-state index in [4.69, 9.17) is 0 Å². The smallest absolute Gasteiger partial charge is 0.215 e. The number of aryl methyl sites for hydroxylation is 1. The van der Waals surface area contributed by atoms with Crippen LogP contribution in [0, 0.1) is 12.8 Å². The molecule has 0 spiro atoms. The average Bonchev–Trinajstić information content (AvgIpc) is 3.08. The van der Waals surface area contributed by atoms with Crippen LogP contribution in [0.5, 0.6) is 0 Å². The minimum atomic E-state index is -3.25. The first-order chi connectivity index (χ1) is 11.5. The number of thioether (sulfide) groups is 1. The fraction of sp³-hybridized carbons (Fsp3) is 0.667. The lowest BCUT2D eigenvalue weighted by atomic mass is 9.96. The van der Waals surface area contributed by atoms with Gasteiger partial charge in [0.05, 0.1) is 5.75 Å². The lowest BCUT2D eigenvalue weighted by molar-refractivity contribution is 0.145. The summed E-state index contributed by atoms with van der Waals surface area (Å²) < 4.78 is 27.4. The van der Waals surface area contributed by atoms with Crippen molar-refractivity contribution in [1.82, 2.24) is 9.62 Å². The maximum Gasteiger partial charge on any atom is 0.215 e. The molecule has 1 aromatic rings. The summed E-state index contributed by atoms with van der Waals surface area (Å²) in [7, 11) is -3.25. The minimum Gasteiger partial charge on any atom is -0.300 e. The zero-order valence-electron chi connectivity index (χ0n) is 14.4. The van der Waals surface area contributed by atoms with E-state index in [0.717, 1.165) is 43.1 Å². The van der Waals surface area contributed by atoms with Crippen molar-refractivity contribution in [2.24, 2.45) is 5.92 Å². The molecular formula is C18H28N2O2S2. The van der Waals surface area contributed by atoms with Crippen LogP contribution in [0.3, 0.4) is 0 Å². The zero-order chi connectivity index (χ0) is 17.0. The van der Waals surface area contributed by atoms with Crippen molar-refractivity contribution in [3.63, 3.8) is 0 Å². The van der Waals surface area contributed by atoms with E-state index in [1.54, 1.807) is 0 Å². The maximum absolute atomic E-state index is 12.3. The van der Waals surface area contributed by atoms with E-state index < -0.39 is 10.0 Å². The van der Waals surface area contributed by atoms with Gasteiger partial charge in [0.15, 0.2) is 0 Å². The van der Waals surface area contributed by atoms with Crippen LogP contribution in [0.2, 0.25) is 0 Å². The van der Waals surface area contributed by atoms with Crippen LogP contribution >= 0.6 is 11.8 Å². The normalized spacial score (nSPS) is 23.6. The fourth-order valence-electron chi connectivity index (χ4n) is 3.65. The van der Waals surface area contributed by atoms with Gasteiger partial charge in [-0.2, -0.15) is 11.8 Å². The van der Waals surface area contributed by atoms with Crippen molar-refractivity contribution >= 4 is 21.8 Å². The standard InChI is InChI=1S/C18H28N2O2S2/c1-15-3-2-4-17(11-15)14-24(21,22)19-12-16-5-8-20(9-6-16)18-7-10-23-13-18/h2-4,11,16,18-19H,5-10,12-14H2,1H3/t18-/m1/s1. The van der Waals surface area contributed by atoms with Crippen molar-refractivity contribution in [1.29, 1.82) is 0 Å². The number of benzene rings is 1. The molecule has 6 heteroatoms. The molecule has 2 fully saturated rings. The second kappa shape index (κ2) is 8.21. The number of hydrogen-bond acceptors (Lipinski definition) is 4. The Morgan fingerprint density at radius 1 is 1.25 bits per heavy atom. The molecule has 2 heterocycles. The number of sulfonamides is 1. The van der Waals surface area contributed by atoms with E-state index in [2.05, 4.69) is 21.4 Å². The van der Waals surface area contributed by atoms with Crippen LogP contribution < -0.4 is 4.72 Å². The van der Waals surface area contributed by atoms with Gasteiger partial charge in [0.1, 0.15) is 0 Å². The van der Waals surface area contributed by atoms with Gasteiger partial charge in [-0.15, -0.1) is 0 Å². The van der Waals surface area contributed by atoms with E-state index in [0.29, 0.717) is 12.5 Å². The third kappa shape index (κ3) is 5.22. The molecular weight excluding hydrogens is 340 g/mol. The van der Waals surface area contributed by atoms with E-state index in [1.165, 1.54) is 17.9 Å². The van der Waals surface area contributed by atoms with Gasteiger partial charge in [0.25, 0.3) is 0 Å². The van der Waals surface area contributed by atoms with Gasteiger partial charge in [0.2, 0.25) is 10.0 Å². The predicted octanol–water partition coefficient (Wildman–Crippen LogP) is 2.63. The van der Waals surface area contributed by atoms with E-state index >= 15 is 0 Å². The lowest BCUT2D eigenvalue weighted by Crippen LogP contribution is -2.43. The number of nitrogens with zero attached hydrogens (tertiary/aromatic N) is 1. The molecule has 1 N–H and O–H groups in total. The molecule has 0 radical (unpaired) electrons. The third-order valence-corrected chi connectivity index (χ3v) is 7.57. The summed E-state index contributed by atoms with van der Waals surface area (Å²) in [4.78, 5) is 2.61. The molecule has 1 aromatic carbocycles. The largest absolute Gasteiger partial charge is 0.300 e. The highest BCUT2D eigenvalue weighted by atomic mass is 32.2. The van der Waals surface area contributed by atoms with Crippen LogP contribution in [-0.4, -0.2) is 50.5 Å². The van der Waals surface area contributed by atoms with Gasteiger partial charge < -0.3 is 0 Å². The summed E-state index contributed by atoms with van der Waals surface area (Å²) in [5, 5.41) is 0. The van der Waals surface area contributed by atoms with Crippen LogP contribution in [0.1, 0.15) is 30.4 Å². The molecule has 0 saturated carbocycles. The molecule has 24 heavy (non-hydrogen) atoms. The van der Waals surface area contributed by atoms with Gasteiger partial charge in [-0.25, -0.2) is 13.1 Å². The number of hydrogen-bond donors (Lipinski definition) is 1. The Morgan fingerprint density at radius 2 is 2.04 bits per heavy atom. The van der Waals surface area contributed by atoms with Crippen molar-refractivity contribution in [2.45, 2.75) is 38.0 Å². The van der Waals surface area contributed by atoms with Crippen LogP contribution in [-0.2, 0) is 15.8 Å². The van der Waals surface area contributed by atoms with Crippen molar-refractivity contribution in [3.05, 3.63) is 35.4 Å². The second-order valence-electron chi connectivity index (χ2n) is 7.09. The van der Waals surface area contributed by atoms with Gasteiger partial charge in [-0.1, -0.05) is 29.8 Å². The monoisotopic (exact) mass is 368 g/mol. The Labute approximate surface area is 150 Å². The molecule has 0 bridgehead atoms. The number of rotatable bonds is 6. The summed E-state index contributed by atoms with van der Waals surface area (Å²) in [6.07, 6.45) is 3.53. The first-order valence-corrected chi connectivity index (χ1v) is 11.7. The molecule has 0 amide bonds. The molecule has 2 aliphatic heterocycles. The Bertz CT molecular complexity index is 634. The summed E-state index contributed by atoms with van der Waals surface area (Å²) in [6, 6.07) is 8.48. The van der Waals surface area contributed by atoms with Crippen LogP contribution in [0.15, 0.2) is 24.3 Å². The lowest BCUT2D eigenvalue weighted by Gasteiger charge is -2.35. The molecule has 1 atom stereocenters. The summed E-state index contributed by atoms with van der Waals surface area (Å²) in [6.45, 7) is 4.81. The Hall–Kier alpha value is -0.560. The zero-order valence-corrected chi connectivity index (χ0v) is 16.0. The van der Waals surface area contributed by atoms with E-state index in [-0.39, 0.29) is 5.75 Å². The maximum atomic E-state index is 12.3. The van der Waals surface area contributed by atoms with Crippen LogP contribution in [0.25, 0.3) is 0 Å². The fourth-order valence-corrected chi connectivity index (χ4v) is 6.11. The molecule has 3 rings (SSSR count).